The van der Waals surface area contributed by atoms with Gasteiger partial charge in [0.05, 0.1) is 16.3 Å². The van der Waals surface area contributed by atoms with Gasteiger partial charge in [0.25, 0.3) is 0 Å². The summed E-state index contributed by atoms with van der Waals surface area (Å²) in [5.74, 6) is -0.953. The first-order chi connectivity index (χ1) is 6.69. The van der Waals surface area contributed by atoms with E-state index in [1.54, 1.807) is 0 Å². The number of ketones is 1. The van der Waals surface area contributed by atoms with Gasteiger partial charge in [-0.3, -0.25) is 4.79 Å². The van der Waals surface area contributed by atoms with Gasteiger partial charge in [0.1, 0.15) is 9.91 Å². The molecule has 86 valence electrons. The van der Waals surface area contributed by atoms with Crippen LogP contribution in [0.5, 0.6) is 0 Å². The standard InChI is InChI=1S/C7H3Cl7O/c8-1-6(12)4(15)2(9)3(10)7(13,14)5(6)11/h5H,1H2/t5-,6+/m1/s1. The second kappa shape index (κ2) is 4.61. The summed E-state index contributed by atoms with van der Waals surface area (Å²) in [4.78, 5) is 10.0. The highest BCUT2D eigenvalue weighted by Gasteiger charge is 2.59. The van der Waals surface area contributed by atoms with Gasteiger partial charge in [0, 0.05) is 0 Å². The normalized spacial score (nSPS) is 35.9. The molecule has 0 unspecified atom stereocenters. The molecule has 0 radical (unpaired) electrons. The van der Waals surface area contributed by atoms with E-state index in [0.717, 1.165) is 0 Å². The maximum Gasteiger partial charge on any atom is 0.199 e. The number of halogens is 7. The summed E-state index contributed by atoms with van der Waals surface area (Å²) in [5.41, 5.74) is 0. The predicted molar refractivity (Wildman–Crippen MR) is 67.1 cm³/mol. The lowest BCUT2D eigenvalue weighted by atomic mass is 9.92. The molecule has 0 aliphatic heterocycles. The van der Waals surface area contributed by atoms with Gasteiger partial charge in [-0.15, -0.1) is 34.8 Å². The summed E-state index contributed by atoms with van der Waals surface area (Å²) in [5, 5.41) is -1.75. The Hall–Kier alpha value is 1.44. The van der Waals surface area contributed by atoms with Crippen LogP contribution in [0.15, 0.2) is 10.1 Å². The molecule has 1 rings (SSSR count). The predicted octanol–water partition coefficient (Wildman–Crippen LogP) is 4.26. The van der Waals surface area contributed by atoms with Crippen molar-refractivity contribution in [3.05, 3.63) is 10.1 Å². The first kappa shape index (κ1) is 14.5. The zero-order valence-corrected chi connectivity index (χ0v) is 12.1. The number of carbonyl (C=O) groups excluding carboxylic acids is 1. The van der Waals surface area contributed by atoms with Gasteiger partial charge in [0.2, 0.25) is 0 Å². The summed E-state index contributed by atoms with van der Waals surface area (Å²) in [6.45, 7) is 0. The monoisotopic (exact) mass is 348 g/mol. The molecule has 0 N–H and O–H groups in total. The minimum absolute atomic E-state index is 0.237. The molecule has 1 aliphatic carbocycles. The highest BCUT2D eigenvalue weighted by Crippen LogP contribution is 2.52. The smallest absolute Gasteiger partial charge is 0.199 e. The minimum Gasteiger partial charge on any atom is -0.291 e. The average Bonchev–Trinajstić information content (AvgIpc) is 2.22. The van der Waals surface area contributed by atoms with Crippen LogP contribution in [-0.2, 0) is 4.79 Å². The third-order valence-corrected chi connectivity index (χ3v) is 6.05. The molecule has 2 atom stereocenters. The molecular weight excluding hydrogens is 348 g/mol. The van der Waals surface area contributed by atoms with Gasteiger partial charge in [-0.1, -0.05) is 46.4 Å². The second-order valence-electron chi connectivity index (χ2n) is 2.94. The van der Waals surface area contributed by atoms with Crippen molar-refractivity contribution in [1.82, 2.24) is 0 Å². The quantitative estimate of drug-likeness (QED) is 0.646. The molecule has 0 saturated heterocycles. The van der Waals surface area contributed by atoms with Crippen LogP contribution in [0.3, 0.4) is 0 Å². The third-order valence-electron chi connectivity index (χ3n) is 1.98. The Morgan fingerprint density at radius 1 is 1.20 bits per heavy atom. The highest BCUT2D eigenvalue weighted by atomic mass is 35.5. The summed E-state index contributed by atoms with van der Waals surface area (Å²) >= 11 is 40.5. The maximum atomic E-state index is 11.7. The van der Waals surface area contributed by atoms with Crippen molar-refractivity contribution in [1.29, 1.82) is 0 Å². The van der Waals surface area contributed by atoms with Gasteiger partial charge < -0.3 is 0 Å². The third kappa shape index (κ3) is 2.10. The first-order valence-corrected chi connectivity index (χ1v) is 6.43. The van der Waals surface area contributed by atoms with E-state index in [1.165, 1.54) is 0 Å². The molecule has 0 aromatic rings. The van der Waals surface area contributed by atoms with Gasteiger partial charge in [0.15, 0.2) is 10.1 Å². The van der Waals surface area contributed by atoms with Crippen molar-refractivity contribution in [2.24, 2.45) is 0 Å². The fourth-order valence-corrected chi connectivity index (χ4v) is 3.36. The fraction of sp³-hybridized carbons (Fsp3) is 0.571. The van der Waals surface area contributed by atoms with E-state index in [9.17, 15) is 4.79 Å². The van der Waals surface area contributed by atoms with E-state index in [2.05, 4.69) is 0 Å². The maximum absolute atomic E-state index is 11.7. The van der Waals surface area contributed by atoms with Gasteiger partial charge >= 0.3 is 0 Å². The Morgan fingerprint density at radius 2 is 1.67 bits per heavy atom. The van der Waals surface area contributed by atoms with E-state index < -0.39 is 20.4 Å². The van der Waals surface area contributed by atoms with Crippen LogP contribution in [0.25, 0.3) is 0 Å². The number of hydrogen-bond donors (Lipinski definition) is 0. The Kier molecular flexibility index (Phi) is 4.45. The summed E-state index contributed by atoms with van der Waals surface area (Å²) in [6.07, 6.45) is 0. The zero-order chi connectivity index (χ0) is 12.0. The number of hydrogen-bond acceptors (Lipinski definition) is 1. The Bertz CT molecular complexity index is 336. The molecule has 0 amide bonds. The van der Waals surface area contributed by atoms with Crippen LogP contribution in [0.2, 0.25) is 0 Å². The molecular formula is C7H3Cl7O. The highest BCUT2D eigenvalue weighted by molar-refractivity contribution is 6.67. The van der Waals surface area contributed by atoms with Crippen molar-refractivity contribution in [3.63, 3.8) is 0 Å². The van der Waals surface area contributed by atoms with Gasteiger partial charge in [-0.25, -0.2) is 0 Å². The van der Waals surface area contributed by atoms with Crippen LogP contribution in [0.4, 0.5) is 0 Å². The van der Waals surface area contributed by atoms with Crippen LogP contribution < -0.4 is 0 Å². The van der Waals surface area contributed by atoms with E-state index in [0.29, 0.717) is 0 Å². The van der Waals surface area contributed by atoms with E-state index in [1.807, 2.05) is 0 Å². The SMILES string of the molecule is O=C1C(Cl)=C(Cl)C(Cl)(Cl)[C@H](Cl)[C@]1(Cl)CCl. The molecule has 1 nitrogen and oxygen atoms in total. The van der Waals surface area contributed by atoms with E-state index in [4.69, 9.17) is 81.2 Å². The Labute approximate surface area is 122 Å². The van der Waals surface area contributed by atoms with E-state index >= 15 is 0 Å². The number of Topliss-reactive ketones (excluding diaryl/α,β-unsaturated/α-hetero) is 1. The van der Waals surface area contributed by atoms with Crippen LogP contribution in [0.1, 0.15) is 0 Å². The lowest BCUT2D eigenvalue weighted by molar-refractivity contribution is -0.117. The summed E-state index contributed by atoms with van der Waals surface area (Å²) in [6, 6.07) is 0. The van der Waals surface area contributed by atoms with Crippen molar-refractivity contribution >= 4 is 87.0 Å². The number of rotatable bonds is 1. The van der Waals surface area contributed by atoms with Crippen molar-refractivity contribution in [2.45, 2.75) is 14.6 Å². The largest absolute Gasteiger partial charge is 0.291 e. The van der Waals surface area contributed by atoms with E-state index in [-0.39, 0.29) is 15.9 Å². The number of allylic oxidation sites excluding steroid dienone is 2. The minimum atomic E-state index is -1.73. The van der Waals surface area contributed by atoms with Gasteiger partial charge in [-0.05, 0) is 0 Å². The molecule has 0 bridgehead atoms. The van der Waals surface area contributed by atoms with Crippen LogP contribution in [-0.4, -0.2) is 26.2 Å². The molecule has 0 aromatic carbocycles. The second-order valence-corrected chi connectivity index (χ2v) is 6.46. The van der Waals surface area contributed by atoms with Crippen molar-refractivity contribution < 1.29 is 4.79 Å². The topological polar surface area (TPSA) is 17.1 Å². The first-order valence-electron chi connectivity index (χ1n) is 3.57. The Morgan fingerprint density at radius 3 is 2.07 bits per heavy atom. The molecule has 8 heteroatoms. The fourth-order valence-electron chi connectivity index (χ4n) is 1.07. The average molecular weight is 351 g/mol. The van der Waals surface area contributed by atoms with Gasteiger partial charge in [-0.2, -0.15) is 0 Å². The Balaban J connectivity index is 3.40. The molecule has 0 aromatic heterocycles. The van der Waals surface area contributed by atoms with Crippen molar-refractivity contribution in [3.8, 4) is 0 Å². The molecule has 15 heavy (non-hydrogen) atoms. The number of alkyl halides is 5. The van der Waals surface area contributed by atoms with Crippen LogP contribution in [0, 0.1) is 0 Å². The lowest BCUT2D eigenvalue weighted by Gasteiger charge is -2.39. The summed E-state index contributed by atoms with van der Waals surface area (Å²) in [7, 11) is 0. The van der Waals surface area contributed by atoms with Crippen molar-refractivity contribution in [2.75, 3.05) is 5.88 Å². The molecule has 1 aliphatic rings. The molecule has 0 heterocycles. The zero-order valence-electron chi connectivity index (χ0n) is 6.84. The lowest BCUT2D eigenvalue weighted by Crippen LogP contribution is -2.55. The molecule has 0 spiro atoms. The molecule has 0 fully saturated rings. The summed E-state index contributed by atoms with van der Waals surface area (Å²) < 4.78 is -1.73. The number of carbonyl (C=O) groups is 1. The molecule has 0 saturated carbocycles. The van der Waals surface area contributed by atoms with Crippen LogP contribution >= 0.6 is 81.2 Å².